The highest BCUT2D eigenvalue weighted by atomic mass is 19.4. The van der Waals surface area contributed by atoms with Crippen molar-refractivity contribution < 1.29 is 32.6 Å². The van der Waals surface area contributed by atoms with Crippen LogP contribution in [0.15, 0.2) is 4.99 Å². The predicted molar refractivity (Wildman–Crippen MR) is 54.0 cm³/mol. The van der Waals surface area contributed by atoms with Gasteiger partial charge in [0.25, 0.3) is 5.72 Å². The van der Waals surface area contributed by atoms with E-state index in [-0.39, 0.29) is 5.71 Å². The van der Waals surface area contributed by atoms with Crippen LogP contribution in [0.3, 0.4) is 0 Å². The number of alkyl halides is 3. The van der Waals surface area contributed by atoms with E-state index in [0.717, 1.165) is 0 Å². The van der Waals surface area contributed by atoms with Crippen molar-refractivity contribution in [2.75, 3.05) is 0 Å². The normalized spacial score (nSPS) is 24.1. The standard InChI is InChI=1S/C10H12F3NO4/c1-5(2)7-8(17)18-9(14-7,10(11,12)13)4-3-6(15)16/h5H,3-4H2,1-2H3,(H,15,16). The number of carboxylic acids is 1. The second-order valence-corrected chi connectivity index (χ2v) is 4.22. The summed E-state index contributed by atoms with van der Waals surface area (Å²) >= 11 is 0. The van der Waals surface area contributed by atoms with Crippen LogP contribution in [0.25, 0.3) is 0 Å². The maximum absolute atomic E-state index is 12.9. The molecule has 0 aliphatic carbocycles. The molecule has 0 bridgehead atoms. The molecular weight excluding hydrogens is 255 g/mol. The molecule has 0 spiro atoms. The lowest BCUT2D eigenvalue weighted by molar-refractivity contribution is -0.262. The summed E-state index contributed by atoms with van der Waals surface area (Å²) in [6, 6.07) is 0. The van der Waals surface area contributed by atoms with Crippen LogP contribution in [-0.2, 0) is 14.3 Å². The zero-order valence-electron chi connectivity index (χ0n) is 9.74. The number of esters is 1. The number of carbonyl (C=O) groups is 2. The summed E-state index contributed by atoms with van der Waals surface area (Å²) in [5.74, 6) is -3.08. The van der Waals surface area contributed by atoms with Crippen molar-refractivity contribution in [3.63, 3.8) is 0 Å². The van der Waals surface area contributed by atoms with Gasteiger partial charge in [0.05, 0.1) is 6.42 Å². The van der Waals surface area contributed by atoms with Crippen molar-refractivity contribution in [2.24, 2.45) is 10.9 Å². The average Bonchev–Trinajstić information content (AvgIpc) is 2.53. The minimum atomic E-state index is -4.94. The zero-order chi connectivity index (χ0) is 14.1. The molecule has 5 nitrogen and oxygen atoms in total. The molecule has 0 aromatic carbocycles. The lowest BCUT2D eigenvalue weighted by atomic mass is 10.1. The molecule has 1 atom stereocenters. The topological polar surface area (TPSA) is 76.0 Å². The molecule has 1 heterocycles. The second kappa shape index (κ2) is 4.58. The van der Waals surface area contributed by atoms with Crippen molar-refractivity contribution in [3.8, 4) is 0 Å². The van der Waals surface area contributed by atoms with Gasteiger partial charge in [0.15, 0.2) is 0 Å². The molecule has 1 aliphatic heterocycles. The van der Waals surface area contributed by atoms with E-state index in [1.165, 1.54) is 13.8 Å². The van der Waals surface area contributed by atoms with Crippen LogP contribution in [0.5, 0.6) is 0 Å². The number of aliphatic imine (C=N–C) groups is 1. The van der Waals surface area contributed by atoms with Crippen molar-refractivity contribution in [1.29, 1.82) is 0 Å². The SMILES string of the molecule is CC(C)C1=NC(CCC(=O)O)(C(F)(F)F)OC1=O. The molecule has 0 aromatic heterocycles. The second-order valence-electron chi connectivity index (χ2n) is 4.22. The van der Waals surface area contributed by atoms with E-state index in [9.17, 15) is 22.8 Å². The van der Waals surface area contributed by atoms with E-state index in [0.29, 0.717) is 0 Å². The van der Waals surface area contributed by atoms with Crippen molar-refractivity contribution >= 4 is 17.7 Å². The number of ether oxygens (including phenoxy) is 1. The Balaban J connectivity index is 3.09. The molecule has 0 aromatic rings. The lowest BCUT2D eigenvalue weighted by Gasteiger charge is -2.26. The summed E-state index contributed by atoms with van der Waals surface area (Å²) in [4.78, 5) is 25.0. The first-order valence-corrected chi connectivity index (χ1v) is 5.20. The third-order valence-corrected chi connectivity index (χ3v) is 2.44. The van der Waals surface area contributed by atoms with Crippen LogP contribution in [-0.4, -0.2) is 34.7 Å². The largest absolute Gasteiger partial charge is 0.481 e. The van der Waals surface area contributed by atoms with Crippen molar-refractivity contribution in [1.82, 2.24) is 0 Å². The van der Waals surface area contributed by atoms with E-state index < -0.39 is 42.6 Å². The summed E-state index contributed by atoms with van der Waals surface area (Å²) in [6.07, 6.45) is -6.65. The molecular formula is C10H12F3NO4. The molecule has 102 valence electrons. The number of carbonyl (C=O) groups excluding carboxylic acids is 1. The third-order valence-electron chi connectivity index (χ3n) is 2.44. The van der Waals surface area contributed by atoms with Gasteiger partial charge in [-0.15, -0.1) is 0 Å². The van der Waals surface area contributed by atoms with Gasteiger partial charge in [0.2, 0.25) is 0 Å². The molecule has 1 N–H and O–H groups in total. The van der Waals surface area contributed by atoms with Crippen molar-refractivity contribution in [2.45, 2.75) is 38.6 Å². The van der Waals surface area contributed by atoms with Crippen LogP contribution in [0, 0.1) is 5.92 Å². The Bertz CT molecular complexity index is 402. The van der Waals surface area contributed by atoms with Gasteiger partial charge in [-0.25, -0.2) is 9.79 Å². The first-order chi connectivity index (χ1) is 8.09. The molecule has 0 amide bonds. The minimum absolute atomic E-state index is 0.322. The van der Waals surface area contributed by atoms with Crippen LogP contribution < -0.4 is 0 Å². The molecule has 0 fully saturated rings. The quantitative estimate of drug-likeness (QED) is 0.787. The van der Waals surface area contributed by atoms with Gasteiger partial charge in [-0.05, 0) is 0 Å². The van der Waals surface area contributed by atoms with E-state index in [1.54, 1.807) is 0 Å². The van der Waals surface area contributed by atoms with Crippen LogP contribution in [0.4, 0.5) is 13.2 Å². The highest BCUT2D eigenvalue weighted by Gasteiger charge is 2.62. The van der Waals surface area contributed by atoms with E-state index in [4.69, 9.17) is 5.11 Å². The summed E-state index contributed by atoms with van der Waals surface area (Å²) in [5.41, 5.74) is -3.38. The maximum Gasteiger partial charge on any atom is 0.450 e. The fraction of sp³-hybridized carbons (Fsp3) is 0.700. The highest BCUT2D eigenvalue weighted by Crippen LogP contribution is 2.42. The monoisotopic (exact) mass is 267 g/mol. The lowest BCUT2D eigenvalue weighted by Crippen LogP contribution is -2.44. The van der Waals surface area contributed by atoms with Crippen molar-refractivity contribution in [3.05, 3.63) is 0 Å². The molecule has 0 saturated carbocycles. The number of aliphatic carboxylic acids is 1. The van der Waals surface area contributed by atoms with E-state index >= 15 is 0 Å². The summed E-state index contributed by atoms with van der Waals surface area (Å²) in [6.45, 7) is 3.01. The first-order valence-electron chi connectivity index (χ1n) is 5.20. The molecule has 0 saturated heterocycles. The molecule has 0 radical (unpaired) electrons. The number of nitrogens with zero attached hydrogens (tertiary/aromatic N) is 1. The van der Waals surface area contributed by atoms with Gasteiger partial charge in [0, 0.05) is 12.3 Å². The van der Waals surface area contributed by atoms with E-state index in [2.05, 4.69) is 9.73 Å². The Morgan fingerprint density at radius 2 is 2.06 bits per heavy atom. The molecule has 18 heavy (non-hydrogen) atoms. The molecule has 1 unspecified atom stereocenters. The Kier molecular flexibility index (Phi) is 3.68. The number of rotatable bonds is 4. The number of cyclic esters (lactones) is 1. The third kappa shape index (κ3) is 2.62. The Labute approximate surface area is 101 Å². The Morgan fingerprint density at radius 3 is 2.39 bits per heavy atom. The Morgan fingerprint density at radius 1 is 1.50 bits per heavy atom. The molecule has 1 rings (SSSR count). The average molecular weight is 267 g/mol. The van der Waals surface area contributed by atoms with Gasteiger partial charge in [-0.1, -0.05) is 13.8 Å². The fourth-order valence-electron chi connectivity index (χ4n) is 1.48. The number of carboxylic acid groups (broad SMARTS) is 1. The highest BCUT2D eigenvalue weighted by molar-refractivity contribution is 6.38. The Hall–Kier alpha value is -1.60. The van der Waals surface area contributed by atoms with Crippen LogP contribution in [0.2, 0.25) is 0 Å². The van der Waals surface area contributed by atoms with Crippen LogP contribution in [0.1, 0.15) is 26.7 Å². The summed E-state index contributed by atoms with van der Waals surface area (Å²) in [5, 5.41) is 8.44. The van der Waals surface area contributed by atoms with Gasteiger partial charge in [-0.2, -0.15) is 13.2 Å². The number of halogens is 3. The van der Waals surface area contributed by atoms with Crippen LogP contribution >= 0.6 is 0 Å². The summed E-state index contributed by atoms with van der Waals surface area (Å²) < 4.78 is 43.0. The number of hydrogen-bond donors (Lipinski definition) is 1. The van der Waals surface area contributed by atoms with Gasteiger partial charge in [0.1, 0.15) is 5.71 Å². The smallest absolute Gasteiger partial charge is 0.450 e. The molecule has 8 heteroatoms. The minimum Gasteiger partial charge on any atom is -0.481 e. The van der Waals surface area contributed by atoms with Gasteiger partial charge >= 0.3 is 18.1 Å². The van der Waals surface area contributed by atoms with Gasteiger partial charge < -0.3 is 9.84 Å². The molecule has 1 aliphatic rings. The fourth-order valence-corrected chi connectivity index (χ4v) is 1.48. The number of hydrogen-bond acceptors (Lipinski definition) is 4. The maximum atomic E-state index is 12.9. The zero-order valence-corrected chi connectivity index (χ0v) is 9.74. The van der Waals surface area contributed by atoms with E-state index in [1.807, 2.05) is 0 Å². The first kappa shape index (κ1) is 14.5. The predicted octanol–water partition coefficient (Wildman–Crippen LogP) is 1.76. The summed E-state index contributed by atoms with van der Waals surface area (Å²) in [7, 11) is 0. The van der Waals surface area contributed by atoms with Gasteiger partial charge in [-0.3, -0.25) is 4.79 Å².